The van der Waals surface area contributed by atoms with Crippen molar-refractivity contribution < 1.29 is 14.5 Å². The second-order valence-corrected chi connectivity index (χ2v) is 5.28. The van der Waals surface area contributed by atoms with Gasteiger partial charge in [0.05, 0.1) is 5.56 Å². The number of pyridine rings is 1. The lowest BCUT2D eigenvalue weighted by Crippen LogP contribution is -2.62. The average Bonchev–Trinajstić information content (AvgIpc) is 2.87. The molecule has 0 saturated heterocycles. The molecule has 0 unspecified atom stereocenters. The minimum absolute atomic E-state index is 0.273. The fourth-order valence-corrected chi connectivity index (χ4v) is 2.30. The molecule has 0 aliphatic heterocycles. The Morgan fingerprint density at radius 2 is 1.95 bits per heavy atom. The van der Waals surface area contributed by atoms with E-state index in [-0.39, 0.29) is 11.6 Å². The maximum absolute atomic E-state index is 9.86. The van der Waals surface area contributed by atoms with E-state index in [0.717, 1.165) is 10.0 Å². The van der Waals surface area contributed by atoms with Gasteiger partial charge in [-0.05, 0) is 39.1 Å². The van der Waals surface area contributed by atoms with Crippen molar-refractivity contribution in [3.63, 3.8) is 0 Å². The molecule has 4 N–H and O–H groups in total. The van der Waals surface area contributed by atoms with Crippen LogP contribution in [0.4, 0.5) is 11.6 Å². The van der Waals surface area contributed by atoms with E-state index in [1.54, 1.807) is 18.2 Å². The lowest BCUT2D eigenvalue weighted by Gasteiger charge is -1.96. The first-order valence-corrected chi connectivity index (χ1v) is 7.20. The van der Waals surface area contributed by atoms with E-state index in [1.807, 2.05) is 24.3 Å². The summed E-state index contributed by atoms with van der Waals surface area (Å²) in [6.45, 7) is 0. The van der Waals surface area contributed by atoms with Crippen LogP contribution in [0.1, 0.15) is 5.69 Å². The Morgan fingerprint density at radius 1 is 1.14 bits per heavy atom. The maximum atomic E-state index is 9.86. The Hall–Kier alpha value is -2.67. The molecule has 0 spiro atoms. The SMILES string of the molecule is Nc1cccc(/[NH+]=C/c2nc(-c3ccccc3Br)oc2O)n1. The van der Waals surface area contributed by atoms with Crippen LogP contribution in [0.15, 0.2) is 51.4 Å². The fourth-order valence-electron chi connectivity index (χ4n) is 1.84. The zero-order valence-corrected chi connectivity index (χ0v) is 12.9. The van der Waals surface area contributed by atoms with E-state index in [0.29, 0.717) is 17.5 Å². The van der Waals surface area contributed by atoms with Crippen molar-refractivity contribution in [3.8, 4) is 17.4 Å². The van der Waals surface area contributed by atoms with Crippen molar-refractivity contribution in [1.29, 1.82) is 0 Å². The minimum atomic E-state index is -0.276. The molecule has 0 amide bonds. The van der Waals surface area contributed by atoms with Crippen LogP contribution in [-0.4, -0.2) is 21.3 Å². The van der Waals surface area contributed by atoms with Gasteiger partial charge < -0.3 is 15.3 Å². The summed E-state index contributed by atoms with van der Waals surface area (Å²) in [6, 6.07) is 12.7. The Bertz CT molecular complexity index is 845. The number of benzene rings is 1. The highest BCUT2D eigenvalue weighted by Gasteiger charge is 2.15. The summed E-state index contributed by atoms with van der Waals surface area (Å²) in [5.41, 5.74) is 6.62. The van der Waals surface area contributed by atoms with E-state index in [1.165, 1.54) is 6.21 Å². The number of nitrogens with zero attached hydrogens (tertiary/aromatic N) is 2. The van der Waals surface area contributed by atoms with E-state index in [9.17, 15) is 5.11 Å². The summed E-state index contributed by atoms with van der Waals surface area (Å²) in [5, 5.41) is 9.86. The van der Waals surface area contributed by atoms with E-state index < -0.39 is 0 Å². The molecule has 0 saturated carbocycles. The number of rotatable bonds is 3. The van der Waals surface area contributed by atoms with Gasteiger partial charge >= 0.3 is 11.8 Å². The van der Waals surface area contributed by atoms with Crippen LogP contribution in [-0.2, 0) is 0 Å². The Kier molecular flexibility index (Phi) is 3.88. The molecule has 2 heterocycles. The van der Waals surface area contributed by atoms with Crippen molar-refractivity contribution >= 4 is 33.8 Å². The molecule has 0 aliphatic rings. The largest absolute Gasteiger partial charge is 0.479 e. The van der Waals surface area contributed by atoms with Gasteiger partial charge in [-0.15, -0.1) is 0 Å². The third kappa shape index (κ3) is 2.99. The standard InChI is InChI=1S/C15H11BrN4O2/c16-10-5-2-1-4-9(10)14-19-11(15(21)22-14)8-18-13-7-3-6-12(17)20-13/h1-8,21H,(H2,17,20)/p+1/b18-8+. The van der Waals surface area contributed by atoms with E-state index in [2.05, 4.69) is 30.9 Å². The van der Waals surface area contributed by atoms with Gasteiger partial charge in [0.1, 0.15) is 6.21 Å². The number of aromatic nitrogens is 2. The van der Waals surface area contributed by atoms with Crippen LogP contribution in [0.3, 0.4) is 0 Å². The first-order valence-electron chi connectivity index (χ1n) is 6.40. The topological polar surface area (TPSA) is 99.1 Å². The van der Waals surface area contributed by atoms with Crippen LogP contribution >= 0.6 is 15.9 Å². The number of oxazole rings is 1. The summed E-state index contributed by atoms with van der Waals surface area (Å²) in [4.78, 5) is 11.3. The molecule has 1 aromatic carbocycles. The molecule has 0 atom stereocenters. The predicted octanol–water partition coefficient (Wildman–Crippen LogP) is 1.62. The van der Waals surface area contributed by atoms with E-state index >= 15 is 0 Å². The summed E-state index contributed by atoms with van der Waals surface area (Å²) in [5.74, 6) is 0.988. The third-order valence-electron chi connectivity index (χ3n) is 2.87. The number of nitrogens with one attached hydrogen (secondary N) is 1. The normalized spacial score (nSPS) is 11.1. The molecule has 22 heavy (non-hydrogen) atoms. The average molecular weight is 360 g/mol. The van der Waals surface area contributed by atoms with Crippen LogP contribution in [0.2, 0.25) is 0 Å². The lowest BCUT2D eigenvalue weighted by atomic mass is 10.2. The quantitative estimate of drug-likeness (QED) is 0.617. The molecule has 0 bridgehead atoms. The van der Waals surface area contributed by atoms with Gasteiger partial charge in [0, 0.05) is 16.6 Å². The monoisotopic (exact) mass is 359 g/mol. The Balaban J connectivity index is 1.92. The van der Waals surface area contributed by atoms with Crippen molar-refractivity contribution in [3.05, 3.63) is 52.6 Å². The Morgan fingerprint density at radius 3 is 2.73 bits per heavy atom. The molecule has 7 heteroatoms. The molecule has 3 aromatic rings. The highest BCUT2D eigenvalue weighted by molar-refractivity contribution is 9.10. The first-order chi connectivity index (χ1) is 10.6. The number of aromatic hydroxyl groups is 1. The molecular formula is C15H12BrN4O2+. The minimum Gasteiger partial charge on any atom is -0.479 e. The smallest absolute Gasteiger partial charge is 0.323 e. The second kappa shape index (κ2) is 5.98. The summed E-state index contributed by atoms with van der Waals surface area (Å²) >= 11 is 3.42. The van der Waals surface area contributed by atoms with Gasteiger partial charge in [-0.2, -0.15) is 0 Å². The molecular weight excluding hydrogens is 348 g/mol. The van der Waals surface area contributed by atoms with Gasteiger partial charge in [0.25, 0.3) is 0 Å². The molecule has 6 nitrogen and oxygen atoms in total. The van der Waals surface area contributed by atoms with Crippen molar-refractivity contribution in [2.75, 3.05) is 5.73 Å². The third-order valence-corrected chi connectivity index (χ3v) is 3.56. The van der Waals surface area contributed by atoms with Gasteiger partial charge in [0.15, 0.2) is 5.69 Å². The second-order valence-electron chi connectivity index (χ2n) is 4.43. The van der Waals surface area contributed by atoms with E-state index in [4.69, 9.17) is 10.2 Å². The van der Waals surface area contributed by atoms with Crippen LogP contribution < -0.4 is 10.7 Å². The molecule has 110 valence electrons. The molecule has 0 aliphatic carbocycles. The number of anilines is 1. The first kappa shape index (κ1) is 14.3. The highest BCUT2D eigenvalue weighted by atomic mass is 79.9. The van der Waals surface area contributed by atoms with Gasteiger partial charge in [-0.3, -0.25) is 0 Å². The Labute approximate surface area is 134 Å². The zero-order valence-electron chi connectivity index (χ0n) is 11.3. The number of hydrogen-bond acceptors (Lipinski definition) is 5. The van der Waals surface area contributed by atoms with Gasteiger partial charge in [-0.1, -0.05) is 12.1 Å². The lowest BCUT2D eigenvalue weighted by molar-refractivity contribution is -0.352. The van der Waals surface area contributed by atoms with Crippen LogP contribution in [0.25, 0.3) is 11.5 Å². The van der Waals surface area contributed by atoms with Crippen LogP contribution in [0.5, 0.6) is 5.95 Å². The number of halogens is 1. The highest BCUT2D eigenvalue weighted by Crippen LogP contribution is 2.30. The van der Waals surface area contributed by atoms with Crippen LogP contribution in [0, 0.1) is 0 Å². The number of hydrogen-bond donors (Lipinski definition) is 3. The fraction of sp³-hybridized carbons (Fsp3) is 0. The van der Waals surface area contributed by atoms with Gasteiger partial charge in [0.2, 0.25) is 11.7 Å². The maximum Gasteiger partial charge on any atom is 0.323 e. The predicted molar refractivity (Wildman–Crippen MR) is 85.7 cm³/mol. The zero-order chi connectivity index (χ0) is 15.5. The van der Waals surface area contributed by atoms with Crippen molar-refractivity contribution in [2.24, 2.45) is 0 Å². The molecule has 0 radical (unpaired) electrons. The summed E-state index contributed by atoms with van der Waals surface area (Å²) in [7, 11) is 0. The van der Waals surface area contributed by atoms with Gasteiger partial charge in [-0.25, -0.2) is 9.98 Å². The molecule has 2 aromatic heterocycles. The van der Waals surface area contributed by atoms with Crippen molar-refractivity contribution in [1.82, 2.24) is 9.97 Å². The summed E-state index contributed by atoms with van der Waals surface area (Å²) < 4.78 is 6.12. The number of nitrogens with two attached hydrogens (primary N) is 1. The number of nitrogen functional groups attached to an aromatic ring is 1. The molecule has 3 rings (SSSR count). The summed E-state index contributed by atoms with van der Waals surface area (Å²) in [6.07, 6.45) is 1.50. The van der Waals surface area contributed by atoms with Crippen molar-refractivity contribution in [2.45, 2.75) is 0 Å². The molecule has 0 fully saturated rings.